The molecule has 0 spiro atoms. The highest BCUT2D eigenvalue weighted by atomic mass is 32.3. The smallest absolute Gasteiger partial charge is 0.433 e. The number of aryl methyl sites for hydroxylation is 1. The highest BCUT2D eigenvalue weighted by Crippen LogP contribution is 2.49. The first kappa shape index (κ1) is 42.3. The number of phenolic OH excluding ortho intramolecular Hbond substituents is 1. The number of azo groups is 2. The van der Waals surface area contributed by atoms with Crippen molar-refractivity contribution in [3.05, 3.63) is 66.2 Å². The third-order valence-corrected chi connectivity index (χ3v) is 10.4. The summed E-state index contributed by atoms with van der Waals surface area (Å²) in [4.78, 5) is 3.74. The third-order valence-electron chi connectivity index (χ3n) is 6.59. The highest BCUT2D eigenvalue weighted by molar-refractivity contribution is 8.04. The molecule has 0 unspecified atom stereocenters. The van der Waals surface area contributed by atoms with Crippen molar-refractivity contribution in [3.63, 3.8) is 0 Å². The van der Waals surface area contributed by atoms with Crippen LogP contribution < -0.4 is 5.73 Å². The van der Waals surface area contributed by atoms with Crippen LogP contribution in [0.25, 0.3) is 10.8 Å². The number of hydrogen-bond donors (Lipinski definition) is 5. The molecule has 0 amide bonds. The van der Waals surface area contributed by atoms with Gasteiger partial charge >= 0.3 is 10.4 Å². The summed E-state index contributed by atoms with van der Waals surface area (Å²) < 4.78 is 102. The van der Waals surface area contributed by atoms with Gasteiger partial charge in [0, 0.05) is 16.8 Å². The lowest BCUT2D eigenvalue weighted by atomic mass is 10.1. The van der Waals surface area contributed by atoms with Crippen LogP contribution in [0.15, 0.2) is 95.8 Å². The molecule has 4 rings (SSSR count). The number of aromatic hydroxyl groups is 1. The number of sulfone groups is 1. The standard InChI is InChI=1S/C29H27N5O15S5/c1-2-45-17-52(37,38)14-11-18-3-5-20(6-4-18)32-34-28-24(53(39,40)41)16-19-15-23(51-48-47-36)27(26(30)25(19)29(28)35)33-31-21-7-9-22(10-8-21)50-13-12-46-49-54(42,43)44/h3-10,15-16,35-36H,2,11,14,17,30H2,1H3,(H,39,40,41)(H,42,43,44). The van der Waals surface area contributed by atoms with Crippen molar-refractivity contribution in [2.45, 2.75) is 28.0 Å². The van der Waals surface area contributed by atoms with Crippen LogP contribution in [0.5, 0.6) is 5.75 Å². The predicted molar refractivity (Wildman–Crippen MR) is 193 cm³/mol. The first-order valence-corrected chi connectivity index (χ1v) is 20.7. The van der Waals surface area contributed by atoms with Crippen molar-refractivity contribution in [3.8, 4) is 17.1 Å². The van der Waals surface area contributed by atoms with Crippen LogP contribution in [0.4, 0.5) is 28.4 Å². The Kier molecular flexibility index (Phi) is 14.7. The van der Waals surface area contributed by atoms with Crippen molar-refractivity contribution >= 4 is 93.4 Å². The second-order valence-electron chi connectivity index (χ2n) is 10.3. The molecule has 4 aromatic carbocycles. The first-order chi connectivity index (χ1) is 25.5. The Hall–Kier alpha value is -4.43. The van der Waals surface area contributed by atoms with E-state index in [-0.39, 0.29) is 57.2 Å². The van der Waals surface area contributed by atoms with E-state index >= 15 is 0 Å². The number of nitrogens with two attached hydrogens (primary N) is 1. The molecule has 288 valence electrons. The van der Waals surface area contributed by atoms with Gasteiger partial charge in [-0.05, 0) is 88.9 Å². The summed E-state index contributed by atoms with van der Waals surface area (Å²) in [5.41, 5.74) is 6.44. The number of rotatable bonds is 17. The molecule has 0 bridgehead atoms. The van der Waals surface area contributed by atoms with Crippen molar-refractivity contribution in [1.82, 2.24) is 0 Å². The van der Waals surface area contributed by atoms with Crippen LogP contribution in [-0.2, 0) is 60.1 Å². The molecule has 0 aliphatic heterocycles. The molecule has 0 aliphatic carbocycles. The van der Waals surface area contributed by atoms with Gasteiger partial charge in [-0.3, -0.25) is 14.0 Å². The van der Waals surface area contributed by atoms with Gasteiger partial charge in [0.2, 0.25) is 0 Å². The van der Waals surface area contributed by atoms with Crippen LogP contribution in [0, 0.1) is 11.4 Å². The Morgan fingerprint density at radius 1 is 0.870 bits per heavy atom. The summed E-state index contributed by atoms with van der Waals surface area (Å²) in [5, 5.41) is 42.0. The Bertz CT molecular complexity index is 2440. The van der Waals surface area contributed by atoms with E-state index in [1.165, 1.54) is 30.3 Å². The lowest BCUT2D eigenvalue weighted by molar-refractivity contribution is -0.432. The van der Waals surface area contributed by atoms with Gasteiger partial charge in [0.05, 0.1) is 45.1 Å². The number of ether oxygens (including phenoxy) is 1. The number of nitrogens with zero attached hydrogens (tertiary/aromatic N) is 4. The first-order valence-electron chi connectivity index (χ1n) is 14.6. The van der Waals surface area contributed by atoms with E-state index in [0.29, 0.717) is 22.5 Å². The number of anilines is 1. The average Bonchev–Trinajstić information content (AvgIpc) is 3.11. The summed E-state index contributed by atoms with van der Waals surface area (Å²) in [7, 11) is -13.3. The Balaban J connectivity index is 1.67. The summed E-state index contributed by atoms with van der Waals surface area (Å²) in [6.45, 7) is 1.94. The predicted octanol–water partition coefficient (Wildman–Crippen LogP) is 6.35. The second-order valence-corrected chi connectivity index (χ2v) is 16.4. The number of nitrogen functional groups attached to an aromatic ring is 1. The molecule has 25 heteroatoms. The van der Waals surface area contributed by atoms with E-state index in [1.807, 2.05) is 6.11 Å². The van der Waals surface area contributed by atoms with Gasteiger partial charge in [-0.15, -0.1) is 14.6 Å². The second kappa shape index (κ2) is 18.7. The van der Waals surface area contributed by atoms with E-state index in [0.717, 1.165) is 17.8 Å². The largest absolute Gasteiger partial charge is 0.505 e. The van der Waals surface area contributed by atoms with Crippen molar-refractivity contribution in [1.29, 1.82) is 0 Å². The molecule has 0 saturated carbocycles. The summed E-state index contributed by atoms with van der Waals surface area (Å²) in [5.74, 6) is -1.36. The van der Waals surface area contributed by atoms with E-state index in [9.17, 15) is 34.9 Å². The minimum atomic E-state index is -5.03. The normalized spacial score (nSPS) is 12.4. The fraction of sp³-hybridized carbons (Fsp3) is 0.172. The molecule has 0 atom stereocenters. The van der Waals surface area contributed by atoms with Crippen LogP contribution in [0.1, 0.15) is 12.5 Å². The van der Waals surface area contributed by atoms with Crippen LogP contribution in [-0.4, -0.2) is 63.0 Å². The third kappa shape index (κ3) is 12.3. The highest BCUT2D eigenvalue weighted by Gasteiger charge is 2.26. The van der Waals surface area contributed by atoms with Gasteiger partial charge < -0.3 is 15.6 Å². The number of hydrogen-bond acceptors (Lipinski definition) is 20. The molecule has 0 saturated heterocycles. The number of benzene rings is 4. The monoisotopic (exact) mass is 845 g/mol. The van der Waals surface area contributed by atoms with Crippen LogP contribution in [0.2, 0.25) is 0 Å². The van der Waals surface area contributed by atoms with Gasteiger partial charge in [-0.1, -0.05) is 17.2 Å². The molecule has 0 fully saturated rings. The molecule has 6 N–H and O–H groups in total. The zero-order valence-electron chi connectivity index (χ0n) is 27.3. The Morgan fingerprint density at radius 2 is 1.50 bits per heavy atom. The molecule has 4 aromatic rings. The number of thioether (sulfide) groups is 1. The van der Waals surface area contributed by atoms with Crippen LogP contribution in [0.3, 0.4) is 0 Å². The lowest BCUT2D eigenvalue weighted by Gasteiger charge is -2.14. The fourth-order valence-electron chi connectivity index (χ4n) is 4.25. The number of fused-ring (bicyclic) bond motifs is 1. The summed E-state index contributed by atoms with van der Waals surface area (Å²) in [6.07, 6.45) is 2.09. The van der Waals surface area contributed by atoms with Gasteiger partial charge in [0.1, 0.15) is 22.2 Å². The van der Waals surface area contributed by atoms with Crippen molar-refractivity contribution < 1.29 is 68.1 Å². The summed E-state index contributed by atoms with van der Waals surface area (Å²) in [6, 6.07) is 14.5. The Morgan fingerprint density at radius 3 is 2.09 bits per heavy atom. The average molecular weight is 846 g/mol. The molecule has 0 radical (unpaired) electrons. The van der Waals surface area contributed by atoms with Gasteiger partial charge in [-0.25, -0.2) is 13.7 Å². The minimum Gasteiger partial charge on any atom is -0.505 e. The molecule has 0 heterocycles. The maximum Gasteiger partial charge on any atom is 0.433 e. The molecule has 54 heavy (non-hydrogen) atoms. The lowest BCUT2D eigenvalue weighted by Crippen LogP contribution is -2.15. The maximum atomic E-state index is 12.4. The molecular formula is C29H27N5O15S5. The maximum absolute atomic E-state index is 12.4. The zero-order valence-corrected chi connectivity index (χ0v) is 31.4. The van der Waals surface area contributed by atoms with Gasteiger partial charge in [0.25, 0.3) is 10.1 Å². The minimum absolute atomic E-state index is 0.00760. The fourth-order valence-corrected chi connectivity index (χ4v) is 7.09. The number of phenols is 1. The van der Waals surface area contributed by atoms with E-state index in [1.54, 1.807) is 31.2 Å². The van der Waals surface area contributed by atoms with E-state index in [4.69, 9.17) is 20.3 Å². The molecular weight excluding hydrogens is 819 g/mol. The molecule has 20 nitrogen and oxygen atoms in total. The Labute approximate surface area is 316 Å². The van der Waals surface area contributed by atoms with E-state index in [2.05, 4.69) is 44.3 Å². The quantitative estimate of drug-likeness (QED) is 0.0113. The van der Waals surface area contributed by atoms with Crippen molar-refractivity contribution in [2.24, 2.45) is 20.5 Å². The summed E-state index contributed by atoms with van der Waals surface area (Å²) >= 11 is 1.30. The van der Waals surface area contributed by atoms with Crippen LogP contribution >= 0.6 is 23.8 Å². The van der Waals surface area contributed by atoms with Gasteiger partial charge in [0.15, 0.2) is 21.7 Å². The molecule has 0 aromatic heterocycles. The topological polar surface area (TPSA) is 305 Å². The molecule has 0 aliphatic rings. The van der Waals surface area contributed by atoms with Crippen molar-refractivity contribution in [2.75, 3.05) is 24.0 Å². The zero-order chi connectivity index (χ0) is 39.5. The van der Waals surface area contributed by atoms with Gasteiger partial charge in [-0.2, -0.15) is 27.1 Å². The van der Waals surface area contributed by atoms with E-state index < -0.39 is 52.6 Å². The SMILES string of the molecule is CCOCS(=O)(=O)CCc1ccc(N=Nc2c(S(=O)(=O)O)cc3cc(SOOO)c(N=Nc4ccc(SC#COOS(=O)(=O)O)cc4)c(N)c3c2O)cc1.